The van der Waals surface area contributed by atoms with Crippen molar-refractivity contribution in [1.82, 2.24) is 4.90 Å². The van der Waals surface area contributed by atoms with Gasteiger partial charge >= 0.3 is 0 Å². The second-order valence-electron chi connectivity index (χ2n) is 6.63. The van der Waals surface area contributed by atoms with Crippen LogP contribution < -0.4 is 5.73 Å². The van der Waals surface area contributed by atoms with Crippen molar-refractivity contribution in [2.75, 3.05) is 20.1 Å². The average Bonchev–Trinajstić information content (AvgIpc) is 2.98. The molecule has 1 heterocycles. The predicted molar refractivity (Wildman–Crippen MR) is 89.3 cm³/mol. The van der Waals surface area contributed by atoms with Crippen molar-refractivity contribution >= 4 is 11.3 Å². The van der Waals surface area contributed by atoms with Crippen LogP contribution in [-0.2, 0) is 6.42 Å². The van der Waals surface area contributed by atoms with Gasteiger partial charge in [-0.2, -0.15) is 0 Å². The summed E-state index contributed by atoms with van der Waals surface area (Å²) in [6.45, 7) is 4.40. The molecule has 114 valence electrons. The maximum atomic E-state index is 6.09. The lowest BCUT2D eigenvalue weighted by Crippen LogP contribution is -2.39. The molecule has 1 fully saturated rings. The number of hydrogen-bond donors (Lipinski definition) is 1. The highest BCUT2D eigenvalue weighted by atomic mass is 32.1. The fourth-order valence-corrected chi connectivity index (χ4v) is 4.19. The van der Waals surface area contributed by atoms with Crippen LogP contribution in [0.5, 0.6) is 0 Å². The van der Waals surface area contributed by atoms with Gasteiger partial charge in [0.1, 0.15) is 0 Å². The first-order valence-electron chi connectivity index (χ1n) is 8.08. The summed E-state index contributed by atoms with van der Waals surface area (Å²) in [5, 5.41) is 2.17. The van der Waals surface area contributed by atoms with Crippen molar-refractivity contribution < 1.29 is 0 Å². The van der Waals surface area contributed by atoms with E-state index in [1.54, 1.807) is 0 Å². The molecule has 0 saturated heterocycles. The minimum absolute atomic E-state index is 0.440. The van der Waals surface area contributed by atoms with E-state index >= 15 is 0 Å². The van der Waals surface area contributed by atoms with Crippen LogP contribution in [0.15, 0.2) is 17.5 Å². The smallest absolute Gasteiger partial charge is 0.0112 e. The van der Waals surface area contributed by atoms with Crippen molar-refractivity contribution in [3.63, 3.8) is 0 Å². The molecule has 1 aliphatic rings. The Morgan fingerprint density at radius 1 is 1.35 bits per heavy atom. The Balaban J connectivity index is 1.79. The number of thiophene rings is 1. The second kappa shape index (κ2) is 7.58. The molecule has 0 amide bonds. The van der Waals surface area contributed by atoms with Crippen molar-refractivity contribution in [1.29, 1.82) is 0 Å². The monoisotopic (exact) mass is 294 g/mol. The molecule has 1 aliphatic carbocycles. The molecule has 2 rings (SSSR count). The molecule has 1 aromatic rings. The van der Waals surface area contributed by atoms with Crippen LogP contribution in [-0.4, -0.2) is 31.1 Å². The standard InChI is InChI=1S/C17H30N2S/c1-15(13-16-7-6-12-20-16)19(2)11-10-17(14-18)8-4-3-5-9-17/h6-7,12,15H,3-5,8-11,13-14,18H2,1-2H3. The SMILES string of the molecule is CC(Cc1cccs1)N(C)CCC1(CN)CCCCC1. The summed E-state index contributed by atoms with van der Waals surface area (Å²) in [7, 11) is 2.27. The molecular weight excluding hydrogens is 264 g/mol. The molecule has 2 N–H and O–H groups in total. The van der Waals surface area contributed by atoms with E-state index in [-0.39, 0.29) is 0 Å². The summed E-state index contributed by atoms with van der Waals surface area (Å²) in [6, 6.07) is 5.02. The van der Waals surface area contributed by atoms with E-state index in [0.29, 0.717) is 11.5 Å². The topological polar surface area (TPSA) is 29.3 Å². The first kappa shape index (κ1) is 16.0. The number of hydrogen-bond acceptors (Lipinski definition) is 3. The van der Waals surface area contributed by atoms with Gasteiger partial charge in [-0.3, -0.25) is 0 Å². The van der Waals surface area contributed by atoms with E-state index in [9.17, 15) is 0 Å². The van der Waals surface area contributed by atoms with Crippen molar-refractivity contribution in [2.45, 2.75) is 57.9 Å². The fraction of sp³-hybridized carbons (Fsp3) is 0.765. The third kappa shape index (κ3) is 4.31. The molecule has 0 aliphatic heterocycles. The Morgan fingerprint density at radius 2 is 2.10 bits per heavy atom. The molecule has 0 spiro atoms. The molecule has 0 bridgehead atoms. The molecule has 3 heteroatoms. The zero-order valence-corrected chi connectivity index (χ0v) is 13.9. The largest absolute Gasteiger partial charge is 0.330 e. The van der Waals surface area contributed by atoms with Crippen LogP contribution in [0.1, 0.15) is 50.3 Å². The second-order valence-corrected chi connectivity index (χ2v) is 7.66. The Kier molecular flexibility index (Phi) is 6.06. The van der Waals surface area contributed by atoms with Gasteiger partial charge in [0, 0.05) is 10.9 Å². The number of likely N-dealkylation sites (N-methyl/N-ethyl adjacent to an activating group) is 1. The van der Waals surface area contributed by atoms with E-state index in [4.69, 9.17) is 5.73 Å². The van der Waals surface area contributed by atoms with Crippen molar-refractivity contribution in [3.05, 3.63) is 22.4 Å². The summed E-state index contributed by atoms with van der Waals surface area (Å²) < 4.78 is 0. The molecular formula is C17H30N2S. The zero-order chi connectivity index (χ0) is 14.4. The minimum Gasteiger partial charge on any atom is -0.330 e. The van der Waals surface area contributed by atoms with Gasteiger partial charge in [0.15, 0.2) is 0 Å². The molecule has 1 unspecified atom stereocenters. The summed E-state index contributed by atoms with van der Waals surface area (Å²) in [4.78, 5) is 4.02. The fourth-order valence-electron chi connectivity index (χ4n) is 3.37. The Morgan fingerprint density at radius 3 is 2.70 bits per heavy atom. The van der Waals surface area contributed by atoms with Gasteiger partial charge in [0.2, 0.25) is 0 Å². The molecule has 1 saturated carbocycles. The summed E-state index contributed by atoms with van der Waals surface area (Å²) in [5.41, 5.74) is 6.53. The quantitative estimate of drug-likeness (QED) is 0.826. The van der Waals surface area contributed by atoms with Crippen molar-refractivity contribution in [3.8, 4) is 0 Å². The highest BCUT2D eigenvalue weighted by Gasteiger charge is 2.30. The molecule has 1 atom stereocenters. The normalized spacial score (nSPS) is 20.2. The zero-order valence-electron chi connectivity index (χ0n) is 13.1. The maximum absolute atomic E-state index is 6.09. The van der Waals surface area contributed by atoms with Crippen LogP contribution in [0.4, 0.5) is 0 Å². The minimum atomic E-state index is 0.440. The third-order valence-electron chi connectivity index (χ3n) is 5.17. The number of rotatable bonds is 7. The van der Waals surface area contributed by atoms with E-state index < -0.39 is 0 Å². The summed E-state index contributed by atoms with van der Waals surface area (Å²) in [6.07, 6.45) is 9.30. The van der Waals surface area contributed by atoms with Gasteiger partial charge in [-0.15, -0.1) is 11.3 Å². The van der Waals surface area contributed by atoms with E-state index in [2.05, 4.69) is 36.4 Å². The summed E-state index contributed by atoms with van der Waals surface area (Å²) in [5.74, 6) is 0. The van der Waals surface area contributed by atoms with Gasteiger partial charge in [0.05, 0.1) is 0 Å². The van der Waals surface area contributed by atoms with Gasteiger partial charge in [-0.1, -0.05) is 25.3 Å². The lowest BCUT2D eigenvalue weighted by molar-refractivity contribution is 0.142. The van der Waals surface area contributed by atoms with Crippen LogP contribution in [0.25, 0.3) is 0 Å². The van der Waals surface area contributed by atoms with Crippen LogP contribution in [0.3, 0.4) is 0 Å². The first-order chi connectivity index (χ1) is 9.65. The molecule has 0 aromatic carbocycles. The summed E-state index contributed by atoms with van der Waals surface area (Å²) >= 11 is 1.87. The maximum Gasteiger partial charge on any atom is 0.0112 e. The first-order valence-corrected chi connectivity index (χ1v) is 8.96. The lowest BCUT2D eigenvalue weighted by Gasteiger charge is -2.38. The predicted octanol–water partition coefficient (Wildman–Crippen LogP) is 3.91. The molecule has 2 nitrogen and oxygen atoms in total. The van der Waals surface area contributed by atoms with E-state index in [1.807, 2.05) is 11.3 Å². The molecule has 0 radical (unpaired) electrons. The van der Waals surface area contributed by atoms with E-state index in [1.165, 1.54) is 56.4 Å². The van der Waals surface area contributed by atoms with E-state index in [0.717, 1.165) is 6.54 Å². The Labute approximate surface area is 128 Å². The molecule has 20 heavy (non-hydrogen) atoms. The number of nitrogens with zero attached hydrogens (tertiary/aromatic N) is 1. The third-order valence-corrected chi connectivity index (χ3v) is 6.07. The highest BCUT2D eigenvalue weighted by Crippen LogP contribution is 2.38. The highest BCUT2D eigenvalue weighted by molar-refractivity contribution is 7.09. The van der Waals surface area contributed by atoms with Gasteiger partial charge < -0.3 is 10.6 Å². The Bertz CT molecular complexity index is 368. The van der Waals surface area contributed by atoms with Gasteiger partial charge in [0.25, 0.3) is 0 Å². The number of nitrogens with two attached hydrogens (primary N) is 1. The van der Waals surface area contributed by atoms with Crippen LogP contribution in [0, 0.1) is 5.41 Å². The average molecular weight is 295 g/mol. The lowest BCUT2D eigenvalue weighted by atomic mass is 9.72. The van der Waals surface area contributed by atoms with Crippen molar-refractivity contribution in [2.24, 2.45) is 11.1 Å². The van der Waals surface area contributed by atoms with Crippen LogP contribution in [0.2, 0.25) is 0 Å². The molecule has 1 aromatic heterocycles. The van der Waals surface area contributed by atoms with Crippen LogP contribution >= 0.6 is 11.3 Å². The van der Waals surface area contributed by atoms with Gasteiger partial charge in [-0.05, 0) is 69.6 Å². The Hall–Kier alpha value is -0.380. The van der Waals surface area contributed by atoms with Gasteiger partial charge in [-0.25, -0.2) is 0 Å².